The normalized spacial score (nSPS) is 11.2. The first-order valence-corrected chi connectivity index (χ1v) is 5.60. The van der Waals surface area contributed by atoms with Crippen molar-refractivity contribution in [2.75, 3.05) is 6.54 Å². The molecule has 2 aromatic rings. The SMILES string of the molecule is CCCNCc1cc2cc(F)cc(C)c2o1. The Morgan fingerprint density at radius 3 is 2.88 bits per heavy atom. The fraction of sp³-hybridized carbons (Fsp3) is 0.385. The van der Waals surface area contributed by atoms with Crippen LogP contribution in [0.2, 0.25) is 0 Å². The first-order valence-electron chi connectivity index (χ1n) is 5.60. The molecule has 1 heterocycles. The van der Waals surface area contributed by atoms with Crippen LogP contribution in [0.15, 0.2) is 22.6 Å². The smallest absolute Gasteiger partial charge is 0.137 e. The highest BCUT2D eigenvalue weighted by molar-refractivity contribution is 5.81. The summed E-state index contributed by atoms with van der Waals surface area (Å²) in [6.07, 6.45) is 1.09. The van der Waals surface area contributed by atoms with Crippen molar-refractivity contribution >= 4 is 11.0 Å². The summed E-state index contributed by atoms with van der Waals surface area (Å²) in [5.74, 6) is 0.649. The Morgan fingerprint density at radius 2 is 2.12 bits per heavy atom. The van der Waals surface area contributed by atoms with Gasteiger partial charge in [0.1, 0.15) is 17.2 Å². The minimum Gasteiger partial charge on any atom is -0.459 e. The van der Waals surface area contributed by atoms with Gasteiger partial charge in [0.15, 0.2) is 0 Å². The number of hydrogen-bond acceptors (Lipinski definition) is 2. The van der Waals surface area contributed by atoms with Crippen molar-refractivity contribution in [1.82, 2.24) is 5.32 Å². The van der Waals surface area contributed by atoms with Crippen molar-refractivity contribution in [2.45, 2.75) is 26.8 Å². The average molecular weight is 221 g/mol. The lowest BCUT2D eigenvalue weighted by atomic mass is 10.2. The zero-order valence-corrected chi connectivity index (χ0v) is 9.64. The predicted molar refractivity (Wildman–Crippen MR) is 62.9 cm³/mol. The zero-order valence-electron chi connectivity index (χ0n) is 9.64. The van der Waals surface area contributed by atoms with Gasteiger partial charge in [-0.05, 0) is 43.7 Å². The molecule has 0 atom stereocenters. The first kappa shape index (κ1) is 11.1. The van der Waals surface area contributed by atoms with Gasteiger partial charge in [0.2, 0.25) is 0 Å². The summed E-state index contributed by atoms with van der Waals surface area (Å²) >= 11 is 0. The van der Waals surface area contributed by atoms with E-state index in [1.807, 2.05) is 13.0 Å². The molecular weight excluding hydrogens is 205 g/mol. The van der Waals surface area contributed by atoms with Gasteiger partial charge in [0.25, 0.3) is 0 Å². The quantitative estimate of drug-likeness (QED) is 0.801. The van der Waals surface area contributed by atoms with Crippen LogP contribution in [-0.2, 0) is 6.54 Å². The standard InChI is InChI=1S/C13H16FNO/c1-3-4-15-8-12-7-10-6-11(14)5-9(2)13(10)16-12/h5-7,15H,3-4,8H2,1-2H3. The minimum atomic E-state index is -0.209. The van der Waals surface area contributed by atoms with Crippen LogP contribution >= 0.6 is 0 Å². The van der Waals surface area contributed by atoms with Crippen molar-refractivity contribution in [1.29, 1.82) is 0 Å². The molecule has 0 aliphatic rings. The van der Waals surface area contributed by atoms with Crippen LogP contribution in [0.1, 0.15) is 24.7 Å². The van der Waals surface area contributed by atoms with Crippen molar-refractivity contribution in [2.24, 2.45) is 0 Å². The fourth-order valence-corrected chi connectivity index (χ4v) is 1.81. The molecule has 0 aliphatic carbocycles. The summed E-state index contributed by atoms with van der Waals surface area (Å²) in [4.78, 5) is 0. The van der Waals surface area contributed by atoms with Gasteiger partial charge >= 0.3 is 0 Å². The van der Waals surface area contributed by atoms with Crippen LogP contribution in [0.4, 0.5) is 4.39 Å². The lowest BCUT2D eigenvalue weighted by Gasteiger charge is -1.98. The van der Waals surface area contributed by atoms with E-state index in [1.54, 1.807) is 0 Å². The van der Waals surface area contributed by atoms with Gasteiger partial charge < -0.3 is 9.73 Å². The van der Waals surface area contributed by atoms with Crippen LogP contribution in [0.25, 0.3) is 11.0 Å². The van der Waals surface area contributed by atoms with E-state index in [0.29, 0.717) is 6.54 Å². The Morgan fingerprint density at radius 1 is 1.31 bits per heavy atom. The molecule has 0 radical (unpaired) electrons. The van der Waals surface area contributed by atoms with Crippen LogP contribution in [0.5, 0.6) is 0 Å². The molecule has 16 heavy (non-hydrogen) atoms. The number of furan rings is 1. The zero-order chi connectivity index (χ0) is 11.5. The largest absolute Gasteiger partial charge is 0.459 e. The summed E-state index contributed by atoms with van der Waals surface area (Å²) in [5.41, 5.74) is 1.63. The van der Waals surface area contributed by atoms with E-state index in [0.717, 1.165) is 35.3 Å². The second-order valence-corrected chi connectivity index (χ2v) is 4.03. The third-order valence-corrected chi connectivity index (χ3v) is 2.54. The van der Waals surface area contributed by atoms with Crippen molar-refractivity contribution < 1.29 is 8.81 Å². The first-order chi connectivity index (χ1) is 7.70. The highest BCUT2D eigenvalue weighted by atomic mass is 19.1. The van der Waals surface area contributed by atoms with E-state index in [1.165, 1.54) is 12.1 Å². The average Bonchev–Trinajstić information content (AvgIpc) is 2.61. The Hall–Kier alpha value is -1.35. The number of rotatable bonds is 4. The molecule has 0 saturated carbocycles. The highest BCUT2D eigenvalue weighted by Gasteiger charge is 2.07. The molecule has 1 N–H and O–H groups in total. The van der Waals surface area contributed by atoms with E-state index in [4.69, 9.17) is 4.42 Å². The molecule has 2 rings (SSSR count). The highest BCUT2D eigenvalue weighted by Crippen LogP contribution is 2.23. The topological polar surface area (TPSA) is 25.2 Å². The molecule has 86 valence electrons. The maximum absolute atomic E-state index is 13.2. The van der Waals surface area contributed by atoms with Gasteiger partial charge in [0.05, 0.1) is 6.54 Å². The van der Waals surface area contributed by atoms with Crippen LogP contribution in [0.3, 0.4) is 0 Å². The molecule has 0 spiro atoms. The molecule has 0 unspecified atom stereocenters. The third kappa shape index (κ3) is 2.25. The second kappa shape index (κ2) is 4.66. The molecule has 1 aromatic heterocycles. The van der Waals surface area contributed by atoms with E-state index in [-0.39, 0.29) is 5.82 Å². The summed E-state index contributed by atoms with van der Waals surface area (Å²) in [6, 6.07) is 4.90. The Labute approximate surface area is 94.4 Å². The van der Waals surface area contributed by atoms with Gasteiger partial charge in [-0.25, -0.2) is 4.39 Å². The molecule has 1 aromatic carbocycles. The van der Waals surface area contributed by atoms with Crippen molar-refractivity contribution in [3.63, 3.8) is 0 Å². The second-order valence-electron chi connectivity index (χ2n) is 4.03. The fourth-order valence-electron chi connectivity index (χ4n) is 1.81. The summed E-state index contributed by atoms with van der Waals surface area (Å²) in [5, 5.41) is 4.10. The molecule has 0 fully saturated rings. The molecular formula is C13H16FNO. The summed E-state index contributed by atoms with van der Waals surface area (Å²) < 4.78 is 18.8. The van der Waals surface area contributed by atoms with Crippen molar-refractivity contribution in [3.05, 3.63) is 35.3 Å². The van der Waals surface area contributed by atoms with Gasteiger partial charge in [0, 0.05) is 5.39 Å². The van der Waals surface area contributed by atoms with Gasteiger partial charge in [-0.3, -0.25) is 0 Å². The summed E-state index contributed by atoms with van der Waals surface area (Å²) in [7, 11) is 0. The monoisotopic (exact) mass is 221 g/mol. The number of aryl methyl sites for hydroxylation is 1. The van der Waals surface area contributed by atoms with E-state index in [2.05, 4.69) is 12.2 Å². The van der Waals surface area contributed by atoms with Gasteiger partial charge in [-0.15, -0.1) is 0 Å². The maximum atomic E-state index is 13.2. The molecule has 2 nitrogen and oxygen atoms in total. The molecule has 0 amide bonds. The number of halogens is 1. The third-order valence-electron chi connectivity index (χ3n) is 2.54. The van der Waals surface area contributed by atoms with Gasteiger partial charge in [-0.1, -0.05) is 6.92 Å². The lowest BCUT2D eigenvalue weighted by Crippen LogP contribution is -2.12. The number of benzene rings is 1. The minimum absolute atomic E-state index is 0.209. The van der Waals surface area contributed by atoms with Gasteiger partial charge in [-0.2, -0.15) is 0 Å². The Bertz CT molecular complexity index is 490. The number of hydrogen-bond donors (Lipinski definition) is 1. The maximum Gasteiger partial charge on any atom is 0.137 e. The number of fused-ring (bicyclic) bond motifs is 1. The Balaban J connectivity index is 2.26. The molecule has 0 saturated heterocycles. The number of nitrogens with one attached hydrogen (secondary N) is 1. The van der Waals surface area contributed by atoms with E-state index < -0.39 is 0 Å². The van der Waals surface area contributed by atoms with Crippen LogP contribution in [-0.4, -0.2) is 6.54 Å². The van der Waals surface area contributed by atoms with Crippen LogP contribution < -0.4 is 5.32 Å². The van der Waals surface area contributed by atoms with E-state index >= 15 is 0 Å². The predicted octanol–water partition coefficient (Wildman–Crippen LogP) is 3.38. The van der Waals surface area contributed by atoms with Crippen LogP contribution in [0, 0.1) is 12.7 Å². The molecule has 0 aliphatic heterocycles. The summed E-state index contributed by atoms with van der Waals surface area (Å²) in [6.45, 7) is 5.64. The van der Waals surface area contributed by atoms with E-state index in [9.17, 15) is 4.39 Å². The lowest BCUT2D eigenvalue weighted by molar-refractivity contribution is 0.512. The molecule has 0 bridgehead atoms. The molecule has 3 heteroatoms. The Kier molecular flexibility index (Phi) is 3.25. The van der Waals surface area contributed by atoms with Crippen molar-refractivity contribution in [3.8, 4) is 0 Å².